The summed E-state index contributed by atoms with van der Waals surface area (Å²) in [6, 6.07) is 11.8. The van der Waals surface area contributed by atoms with Crippen LogP contribution < -0.4 is 10.1 Å². The fraction of sp³-hybridized carbons (Fsp3) is 0.286. The van der Waals surface area contributed by atoms with Gasteiger partial charge < -0.3 is 14.6 Å². The van der Waals surface area contributed by atoms with Gasteiger partial charge in [0.2, 0.25) is 5.82 Å². The summed E-state index contributed by atoms with van der Waals surface area (Å²) in [5, 5.41) is 7.42. The second-order valence-electron chi connectivity index (χ2n) is 7.25. The lowest BCUT2D eigenvalue weighted by atomic mass is 9.96. The maximum atomic E-state index is 12.8. The van der Waals surface area contributed by atoms with Crippen LogP contribution >= 0.6 is 11.6 Å². The van der Waals surface area contributed by atoms with Crippen molar-refractivity contribution in [2.45, 2.75) is 37.6 Å². The molecule has 4 rings (SSSR count). The number of halogens is 4. The van der Waals surface area contributed by atoms with Crippen molar-refractivity contribution in [3.8, 4) is 17.1 Å². The number of hydrogen-bond acceptors (Lipinski definition) is 5. The normalized spacial score (nSPS) is 15.6. The molecule has 6 nitrogen and oxygen atoms in total. The molecule has 1 amide bonds. The molecule has 0 saturated heterocycles. The Kier molecular flexibility index (Phi) is 5.62. The Hall–Kier alpha value is -3.07. The highest BCUT2D eigenvalue weighted by Gasteiger charge is 2.42. The minimum atomic E-state index is -4.77. The average molecular weight is 452 g/mol. The van der Waals surface area contributed by atoms with Crippen molar-refractivity contribution < 1.29 is 27.2 Å². The van der Waals surface area contributed by atoms with Crippen molar-refractivity contribution in [1.29, 1.82) is 0 Å². The number of amides is 1. The van der Waals surface area contributed by atoms with E-state index in [1.165, 1.54) is 24.3 Å². The molecule has 0 atom stereocenters. The number of carbonyl (C=O) groups excluding carboxylic acids is 1. The van der Waals surface area contributed by atoms with E-state index in [9.17, 15) is 18.0 Å². The van der Waals surface area contributed by atoms with Crippen LogP contribution in [0.15, 0.2) is 53.1 Å². The summed E-state index contributed by atoms with van der Waals surface area (Å²) in [7, 11) is 0. The van der Waals surface area contributed by atoms with Gasteiger partial charge in [-0.05, 0) is 55.3 Å². The molecule has 1 aliphatic rings. The molecule has 162 valence electrons. The fourth-order valence-electron chi connectivity index (χ4n) is 3.63. The van der Waals surface area contributed by atoms with Crippen molar-refractivity contribution in [2.24, 2.45) is 0 Å². The number of aromatic nitrogens is 2. The van der Waals surface area contributed by atoms with E-state index in [4.69, 9.17) is 16.1 Å². The first kappa shape index (κ1) is 21.2. The number of hydrogen-bond donors (Lipinski definition) is 1. The predicted molar refractivity (Wildman–Crippen MR) is 105 cm³/mol. The van der Waals surface area contributed by atoms with Crippen LogP contribution in [0.2, 0.25) is 5.02 Å². The highest BCUT2D eigenvalue weighted by Crippen LogP contribution is 2.39. The standard InChI is InChI=1S/C21H17ClF3N3O3/c22-15-5-3-4-14(12-15)18(29)27-20(10-1-2-11-20)19-26-17(28-31-19)13-6-8-16(9-7-13)30-21(23,24)25/h3-9,12H,1-2,10-11H2,(H,27,29). The van der Waals surface area contributed by atoms with Crippen LogP contribution in [0.25, 0.3) is 11.4 Å². The fourth-order valence-corrected chi connectivity index (χ4v) is 3.82. The molecule has 31 heavy (non-hydrogen) atoms. The molecule has 1 aromatic heterocycles. The summed E-state index contributed by atoms with van der Waals surface area (Å²) in [6.45, 7) is 0. The predicted octanol–water partition coefficient (Wildman–Crippen LogP) is 5.49. The molecule has 1 aliphatic carbocycles. The van der Waals surface area contributed by atoms with Gasteiger partial charge in [-0.3, -0.25) is 4.79 Å². The number of nitrogens with zero attached hydrogens (tertiary/aromatic N) is 2. The number of ether oxygens (including phenoxy) is 1. The summed E-state index contributed by atoms with van der Waals surface area (Å²) in [5.41, 5.74) is 0.0573. The molecule has 10 heteroatoms. The van der Waals surface area contributed by atoms with Crippen molar-refractivity contribution in [3.05, 3.63) is 65.0 Å². The van der Waals surface area contributed by atoms with E-state index in [2.05, 4.69) is 20.2 Å². The van der Waals surface area contributed by atoms with Crippen molar-refractivity contribution in [3.63, 3.8) is 0 Å². The van der Waals surface area contributed by atoms with Crippen LogP contribution in [0.1, 0.15) is 41.9 Å². The lowest BCUT2D eigenvalue weighted by molar-refractivity contribution is -0.274. The maximum absolute atomic E-state index is 12.8. The smallest absolute Gasteiger partial charge is 0.406 e. The Bertz CT molecular complexity index is 1080. The number of rotatable bonds is 5. The van der Waals surface area contributed by atoms with E-state index in [1.54, 1.807) is 24.3 Å². The van der Waals surface area contributed by atoms with Gasteiger partial charge in [-0.15, -0.1) is 13.2 Å². The quantitative estimate of drug-likeness (QED) is 0.555. The van der Waals surface area contributed by atoms with E-state index in [1.807, 2.05) is 0 Å². The number of alkyl halides is 3. The Labute approximate surface area is 180 Å². The lowest BCUT2D eigenvalue weighted by Gasteiger charge is -2.26. The van der Waals surface area contributed by atoms with Crippen LogP contribution in [-0.4, -0.2) is 22.4 Å². The largest absolute Gasteiger partial charge is 0.573 e. The monoisotopic (exact) mass is 451 g/mol. The highest BCUT2D eigenvalue weighted by molar-refractivity contribution is 6.30. The third-order valence-corrected chi connectivity index (χ3v) is 5.31. The molecule has 0 aliphatic heterocycles. The van der Waals surface area contributed by atoms with Crippen molar-refractivity contribution in [2.75, 3.05) is 0 Å². The van der Waals surface area contributed by atoms with E-state index in [-0.39, 0.29) is 23.4 Å². The molecule has 1 heterocycles. The zero-order chi connectivity index (χ0) is 22.1. The molecule has 1 N–H and O–H groups in total. The SMILES string of the molecule is O=C(NC1(c2nc(-c3ccc(OC(F)(F)F)cc3)no2)CCCC1)c1cccc(Cl)c1. The van der Waals surface area contributed by atoms with Crippen LogP contribution in [0.5, 0.6) is 5.75 Å². The molecular weight excluding hydrogens is 435 g/mol. The van der Waals surface area contributed by atoms with Gasteiger partial charge in [0.15, 0.2) is 0 Å². The van der Waals surface area contributed by atoms with Crippen molar-refractivity contribution in [1.82, 2.24) is 15.5 Å². The topological polar surface area (TPSA) is 77.2 Å². The molecule has 0 unspecified atom stereocenters. The second-order valence-corrected chi connectivity index (χ2v) is 7.69. The van der Waals surface area contributed by atoms with Crippen LogP contribution in [-0.2, 0) is 5.54 Å². The summed E-state index contributed by atoms with van der Waals surface area (Å²) >= 11 is 5.98. The van der Waals surface area contributed by atoms with Crippen LogP contribution in [0, 0.1) is 0 Å². The summed E-state index contributed by atoms with van der Waals surface area (Å²) in [4.78, 5) is 17.2. The summed E-state index contributed by atoms with van der Waals surface area (Å²) in [5.74, 6) is -0.193. The number of benzene rings is 2. The molecule has 1 fully saturated rings. The number of nitrogens with one attached hydrogen (secondary N) is 1. The molecule has 3 aromatic rings. The lowest BCUT2D eigenvalue weighted by Crippen LogP contribution is -2.44. The molecule has 0 bridgehead atoms. The third-order valence-electron chi connectivity index (χ3n) is 5.08. The average Bonchev–Trinajstić information content (AvgIpc) is 3.38. The van der Waals surface area contributed by atoms with Crippen molar-refractivity contribution >= 4 is 17.5 Å². The first-order valence-corrected chi connectivity index (χ1v) is 9.90. The maximum Gasteiger partial charge on any atom is 0.573 e. The molecular formula is C21H17ClF3N3O3. The summed E-state index contributed by atoms with van der Waals surface area (Å²) in [6.07, 6.45) is -1.77. The minimum Gasteiger partial charge on any atom is -0.406 e. The third kappa shape index (κ3) is 4.82. The van der Waals surface area contributed by atoms with E-state index < -0.39 is 11.9 Å². The second kappa shape index (κ2) is 8.22. The Balaban J connectivity index is 1.56. The highest BCUT2D eigenvalue weighted by atomic mass is 35.5. The van der Waals surface area contributed by atoms with Gasteiger partial charge in [-0.2, -0.15) is 4.98 Å². The van der Waals surface area contributed by atoms with Gasteiger partial charge in [-0.25, -0.2) is 0 Å². The zero-order valence-corrected chi connectivity index (χ0v) is 16.8. The van der Waals surface area contributed by atoms with Gasteiger partial charge in [0.05, 0.1) is 0 Å². The molecule has 0 radical (unpaired) electrons. The van der Waals surface area contributed by atoms with Crippen LogP contribution in [0.4, 0.5) is 13.2 Å². The van der Waals surface area contributed by atoms with Crippen LogP contribution in [0.3, 0.4) is 0 Å². The van der Waals surface area contributed by atoms with Gasteiger partial charge in [0.25, 0.3) is 11.8 Å². The Morgan fingerprint density at radius 3 is 2.48 bits per heavy atom. The van der Waals surface area contributed by atoms with E-state index >= 15 is 0 Å². The summed E-state index contributed by atoms with van der Waals surface area (Å²) < 4.78 is 46.3. The van der Waals surface area contributed by atoms with Gasteiger partial charge in [-0.1, -0.05) is 35.7 Å². The van der Waals surface area contributed by atoms with E-state index in [0.29, 0.717) is 29.0 Å². The van der Waals surface area contributed by atoms with E-state index in [0.717, 1.165) is 12.8 Å². The molecule has 0 spiro atoms. The number of carbonyl (C=O) groups is 1. The van der Waals surface area contributed by atoms with Gasteiger partial charge >= 0.3 is 6.36 Å². The Morgan fingerprint density at radius 1 is 1.13 bits per heavy atom. The molecule has 2 aromatic carbocycles. The first-order valence-electron chi connectivity index (χ1n) is 9.53. The molecule has 1 saturated carbocycles. The Morgan fingerprint density at radius 2 is 1.84 bits per heavy atom. The first-order chi connectivity index (χ1) is 14.7. The van der Waals surface area contributed by atoms with Gasteiger partial charge in [0.1, 0.15) is 11.3 Å². The zero-order valence-electron chi connectivity index (χ0n) is 16.1. The van der Waals surface area contributed by atoms with Gasteiger partial charge in [0, 0.05) is 16.1 Å². The minimum absolute atomic E-state index is 0.205.